The Hall–Kier alpha value is -1.35. The third-order valence-electron chi connectivity index (χ3n) is 2.18. The highest BCUT2D eigenvalue weighted by Crippen LogP contribution is 2.16. The lowest BCUT2D eigenvalue weighted by atomic mass is 10.0. The Morgan fingerprint density at radius 3 is 2.57 bits per heavy atom. The molecule has 0 bridgehead atoms. The lowest BCUT2D eigenvalue weighted by molar-refractivity contribution is 0.0600. The van der Waals surface area contributed by atoms with Crippen molar-refractivity contribution in [3.8, 4) is 0 Å². The van der Waals surface area contributed by atoms with E-state index in [0.717, 1.165) is 11.1 Å². The van der Waals surface area contributed by atoms with Gasteiger partial charge in [-0.1, -0.05) is 12.1 Å². The van der Waals surface area contributed by atoms with Crippen molar-refractivity contribution in [2.45, 2.75) is 19.9 Å². The van der Waals surface area contributed by atoms with E-state index < -0.39 is 0 Å². The minimum absolute atomic E-state index is 0.0135. The standard InChI is InChI=1S/C11H15NO2/c1-7-6-9(8(2)12)4-5-10(7)11(13)14-3/h4-6,8H,12H2,1-3H3/t8-/m0/s1. The number of nitrogens with two attached hydrogens (primary N) is 1. The average molecular weight is 193 g/mol. The summed E-state index contributed by atoms with van der Waals surface area (Å²) in [6, 6.07) is 5.50. The monoisotopic (exact) mass is 193 g/mol. The number of methoxy groups -OCH3 is 1. The minimum Gasteiger partial charge on any atom is -0.465 e. The summed E-state index contributed by atoms with van der Waals surface area (Å²) in [6.45, 7) is 3.78. The zero-order chi connectivity index (χ0) is 10.7. The highest BCUT2D eigenvalue weighted by Gasteiger charge is 2.10. The van der Waals surface area contributed by atoms with Crippen molar-refractivity contribution in [2.24, 2.45) is 5.73 Å². The first kappa shape index (κ1) is 10.7. The van der Waals surface area contributed by atoms with Crippen LogP contribution in [-0.2, 0) is 4.74 Å². The van der Waals surface area contributed by atoms with Gasteiger partial charge >= 0.3 is 5.97 Å². The SMILES string of the molecule is COC(=O)c1ccc([C@H](C)N)cc1C. The van der Waals surface area contributed by atoms with Crippen molar-refractivity contribution in [1.82, 2.24) is 0 Å². The largest absolute Gasteiger partial charge is 0.465 e. The Balaban J connectivity index is 3.07. The number of aryl methyl sites for hydroxylation is 1. The van der Waals surface area contributed by atoms with Gasteiger partial charge in [0.05, 0.1) is 12.7 Å². The molecule has 0 aliphatic heterocycles. The van der Waals surface area contributed by atoms with Crippen LogP contribution < -0.4 is 5.73 Å². The van der Waals surface area contributed by atoms with Crippen LogP contribution in [0.3, 0.4) is 0 Å². The van der Waals surface area contributed by atoms with E-state index in [1.54, 1.807) is 6.07 Å². The molecule has 0 unspecified atom stereocenters. The molecule has 2 N–H and O–H groups in total. The fourth-order valence-corrected chi connectivity index (χ4v) is 1.31. The molecule has 0 saturated heterocycles. The number of ether oxygens (including phenoxy) is 1. The smallest absolute Gasteiger partial charge is 0.338 e. The van der Waals surface area contributed by atoms with Crippen molar-refractivity contribution < 1.29 is 9.53 Å². The van der Waals surface area contributed by atoms with Gasteiger partial charge in [-0.25, -0.2) is 4.79 Å². The maximum absolute atomic E-state index is 11.3. The van der Waals surface area contributed by atoms with Gasteiger partial charge in [-0.3, -0.25) is 0 Å². The molecule has 3 nitrogen and oxygen atoms in total. The number of carbonyl (C=O) groups is 1. The van der Waals surface area contributed by atoms with Crippen LogP contribution in [0.15, 0.2) is 18.2 Å². The highest BCUT2D eigenvalue weighted by atomic mass is 16.5. The molecule has 1 aromatic carbocycles. The van der Waals surface area contributed by atoms with E-state index in [9.17, 15) is 4.79 Å². The van der Waals surface area contributed by atoms with Crippen LogP contribution in [0, 0.1) is 6.92 Å². The van der Waals surface area contributed by atoms with Crippen LogP contribution in [-0.4, -0.2) is 13.1 Å². The van der Waals surface area contributed by atoms with Gasteiger partial charge in [-0.05, 0) is 31.0 Å². The predicted octanol–water partition coefficient (Wildman–Crippen LogP) is 1.80. The number of hydrogen-bond acceptors (Lipinski definition) is 3. The van der Waals surface area contributed by atoms with Crippen LogP contribution in [0.1, 0.15) is 34.5 Å². The van der Waals surface area contributed by atoms with Gasteiger partial charge in [-0.15, -0.1) is 0 Å². The zero-order valence-electron chi connectivity index (χ0n) is 8.70. The summed E-state index contributed by atoms with van der Waals surface area (Å²) in [5.41, 5.74) is 8.24. The van der Waals surface area contributed by atoms with Crippen LogP contribution in [0.5, 0.6) is 0 Å². The molecule has 0 aliphatic carbocycles. The minimum atomic E-state index is -0.307. The maximum Gasteiger partial charge on any atom is 0.338 e. The Labute approximate surface area is 83.9 Å². The van der Waals surface area contributed by atoms with Crippen molar-refractivity contribution in [3.63, 3.8) is 0 Å². The summed E-state index contributed by atoms with van der Waals surface area (Å²) in [5.74, 6) is -0.307. The molecule has 0 radical (unpaired) electrons. The lowest BCUT2D eigenvalue weighted by Gasteiger charge is -2.09. The second kappa shape index (κ2) is 4.24. The molecule has 0 heterocycles. The molecule has 3 heteroatoms. The lowest BCUT2D eigenvalue weighted by Crippen LogP contribution is -2.08. The molecule has 76 valence electrons. The number of benzene rings is 1. The molecule has 14 heavy (non-hydrogen) atoms. The molecule has 1 aromatic rings. The van der Waals surface area contributed by atoms with Crippen molar-refractivity contribution in [3.05, 3.63) is 34.9 Å². The van der Waals surface area contributed by atoms with Crippen molar-refractivity contribution in [2.75, 3.05) is 7.11 Å². The Morgan fingerprint density at radius 2 is 2.14 bits per heavy atom. The molecular weight excluding hydrogens is 178 g/mol. The summed E-state index contributed by atoms with van der Waals surface area (Å²) in [7, 11) is 1.38. The number of esters is 1. The second-order valence-corrected chi connectivity index (χ2v) is 3.35. The summed E-state index contributed by atoms with van der Waals surface area (Å²) >= 11 is 0. The summed E-state index contributed by atoms with van der Waals surface area (Å²) in [6.07, 6.45) is 0. The molecular formula is C11H15NO2. The molecule has 0 amide bonds. The quantitative estimate of drug-likeness (QED) is 0.729. The van der Waals surface area contributed by atoms with Crippen LogP contribution in [0.2, 0.25) is 0 Å². The van der Waals surface area contributed by atoms with Crippen molar-refractivity contribution in [1.29, 1.82) is 0 Å². The fraction of sp³-hybridized carbons (Fsp3) is 0.364. The van der Waals surface area contributed by atoms with E-state index in [4.69, 9.17) is 5.73 Å². The second-order valence-electron chi connectivity index (χ2n) is 3.35. The normalized spacial score (nSPS) is 12.3. The average Bonchev–Trinajstić information content (AvgIpc) is 2.16. The summed E-state index contributed by atoms with van der Waals surface area (Å²) < 4.78 is 4.65. The number of carbonyl (C=O) groups excluding carboxylic acids is 1. The van der Waals surface area contributed by atoms with Gasteiger partial charge < -0.3 is 10.5 Å². The highest BCUT2D eigenvalue weighted by molar-refractivity contribution is 5.90. The molecule has 0 aliphatic rings. The third-order valence-corrected chi connectivity index (χ3v) is 2.18. The number of hydrogen-bond donors (Lipinski definition) is 1. The zero-order valence-corrected chi connectivity index (χ0v) is 8.70. The fourth-order valence-electron chi connectivity index (χ4n) is 1.31. The van der Waals surface area contributed by atoms with Gasteiger partial charge in [0.15, 0.2) is 0 Å². The van der Waals surface area contributed by atoms with Gasteiger partial charge in [0.1, 0.15) is 0 Å². The first-order valence-corrected chi connectivity index (χ1v) is 4.50. The van der Waals surface area contributed by atoms with Crippen molar-refractivity contribution >= 4 is 5.97 Å². The van der Waals surface area contributed by atoms with E-state index in [-0.39, 0.29) is 12.0 Å². The molecule has 1 rings (SSSR count). The Morgan fingerprint density at radius 1 is 1.50 bits per heavy atom. The summed E-state index contributed by atoms with van der Waals surface area (Å²) in [5, 5.41) is 0. The molecule has 0 aromatic heterocycles. The number of rotatable bonds is 2. The van der Waals surface area contributed by atoms with Gasteiger partial charge in [0, 0.05) is 6.04 Å². The van der Waals surface area contributed by atoms with E-state index in [1.807, 2.05) is 26.0 Å². The third kappa shape index (κ3) is 2.12. The maximum atomic E-state index is 11.3. The molecule has 0 saturated carbocycles. The summed E-state index contributed by atoms with van der Waals surface area (Å²) in [4.78, 5) is 11.3. The van der Waals surface area contributed by atoms with Gasteiger partial charge in [0.25, 0.3) is 0 Å². The van der Waals surface area contributed by atoms with Crippen LogP contribution in [0.4, 0.5) is 0 Å². The topological polar surface area (TPSA) is 52.3 Å². The molecule has 1 atom stereocenters. The molecule has 0 fully saturated rings. The molecule has 0 spiro atoms. The van der Waals surface area contributed by atoms with E-state index >= 15 is 0 Å². The van der Waals surface area contributed by atoms with Gasteiger partial charge in [-0.2, -0.15) is 0 Å². The van der Waals surface area contributed by atoms with E-state index in [1.165, 1.54) is 7.11 Å². The van der Waals surface area contributed by atoms with E-state index in [0.29, 0.717) is 5.56 Å². The first-order valence-electron chi connectivity index (χ1n) is 4.50. The Kier molecular flexibility index (Phi) is 3.25. The van der Waals surface area contributed by atoms with Crippen LogP contribution in [0.25, 0.3) is 0 Å². The predicted molar refractivity (Wildman–Crippen MR) is 55.1 cm³/mol. The first-order chi connectivity index (χ1) is 6.56. The van der Waals surface area contributed by atoms with Gasteiger partial charge in [0.2, 0.25) is 0 Å². The van der Waals surface area contributed by atoms with Crippen LogP contribution >= 0.6 is 0 Å². The van der Waals surface area contributed by atoms with E-state index in [2.05, 4.69) is 4.74 Å². The Bertz CT molecular complexity index is 345.